The van der Waals surface area contributed by atoms with Gasteiger partial charge in [0.05, 0.1) is 22.7 Å². The molecular formula is C22H22N4O4. The van der Waals surface area contributed by atoms with E-state index in [4.69, 9.17) is 10.5 Å². The average Bonchev–Trinajstić information content (AvgIpc) is 3.22. The van der Waals surface area contributed by atoms with Gasteiger partial charge in [-0.2, -0.15) is 0 Å². The van der Waals surface area contributed by atoms with Crippen LogP contribution in [0.5, 0.6) is 0 Å². The number of carbonyl (C=O) groups is 2. The fourth-order valence-electron chi connectivity index (χ4n) is 3.68. The molecule has 0 radical (unpaired) electrons. The van der Waals surface area contributed by atoms with E-state index in [1.807, 2.05) is 6.07 Å². The SMILES string of the molecule is Cc1nc2ccccc2c(=O)n1-c1ccc(C(=O)NC[C@@H]2CC[C@H](C(N)=O)O2)cc1. The Labute approximate surface area is 172 Å². The lowest BCUT2D eigenvalue weighted by molar-refractivity contribution is -0.128. The van der Waals surface area contributed by atoms with Gasteiger partial charge in [-0.25, -0.2) is 4.98 Å². The zero-order valence-electron chi connectivity index (χ0n) is 16.5. The van der Waals surface area contributed by atoms with Gasteiger partial charge in [0.1, 0.15) is 11.9 Å². The van der Waals surface area contributed by atoms with Gasteiger partial charge >= 0.3 is 0 Å². The number of ether oxygens (including phenoxy) is 1. The Balaban J connectivity index is 1.48. The Morgan fingerprint density at radius 2 is 1.90 bits per heavy atom. The lowest BCUT2D eigenvalue weighted by atomic mass is 10.1. The number of nitrogens with one attached hydrogen (secondary N) is 1. The van der Waals surface area contributed by atoms with E-state index in [1.165, 1.54) is 4.57 Å². The molecule has 8 heteroatoms. The number of para-hydroxylation sites is 1. The van der Waals surface area contributed by atoms with E-state index in [-0.39, 0.29) is 17.6 Å². The highest BCUT2D eigenvalue weighted by molar-refractivity contribution is 5.94. The highest BCUT2D eigenvalue weighted by Crippen LogP contribution is 2.19. The van der Waals surface area contributed by atoms with Crippen LogP contribution < -0.4 is 16.6 Å². The number of aryl methyl sites for hydroxylation is 1. The third-order valence-electron chi connectivity index (χ3n) is 5.25. The number of hydrogen-bond acceptors (Lipinski definition) is 5. The zero-order chi connectivity index (χ0) is 21.3. The highest BCUT2D eigenvalue weighted by Gasteiger charge is 2.29. The maximum atomic E-state index is 12.9. The van der Waals surface area contributed by atoms with Crippen molar-refractivity contribution in [2.45, 2.75) is 32.0 Å². The van der Waals surface area contributed by atoms with Gasteiger partial charge in [-0.1, -0.05) is 12.1 Å². The maximum Gasteiger partial charge on any atom is 0.265 e. The number of benzene rings is 2. The molecule has 0 unspecified atom stereocenters. The van der Waals surface area contributed by atoms with Gasteiger partial charge in [0.15, 0.2) is 0 Å². The van der Waals surface area contributed by atoms with E-state index in [9.17, 15) is 14.4 Å². The molecule has 0 aliphatic carbocycles. The van der Waals surface area contributed by atoms with Crippen LogP contribution in [0, 0.1) is 6.92 Å². The molecule has 1 saturated heterocycles. The Morgan fingerprint density at radius 3 is 2.60 bits per heavy atom. The molecule has 4 rings (SSSR count). The smallest absolute Gasteiger partial charge is 0.265 e. The molecule has 154 valence electrons. The first kappa shape index (κ1) is 19.8. The first-order valence-corrected chi connectivity index (χ1v) is 9.76. The van der Waals surface area contributed by atoms with Gasteiger partial charge in [-0.3, -0.25) is 19.0 Å². The van der Waals surface area contributed by atoms with E-state index < -0.39 is 12.0 Å². The van der Waals surface area contributed by atoms with Gasteiger partial charge in [-0.15, -0.1) is 0 Å². The Bertz CT molecular complexity index is 1170. The molecule has 2 atom stereocenters. The second-order valence-corrected chi connectivity index (χ2v) is 7.30. The van der Waals surface area contributed by atoms with E-state index >= 15 is 0 Å². The number of primary amides is 1. The van der Waals surface area contributed by atoms with Crippen LogP contribution in [0.2, 0.25) is 0 Å². The molecular weight excluding hydrogens is 384 g/mol. The summed E-state index contributed by atoms with van der Waals surface area (Å²) in [6, 6.07) is 14.0. The molecule has 1 aromatic heterocycles. The number of rotatable bonds is 5. The van der Waals surface area contributed by atoms with Gasteiger partial charge in [-0.05, 0) is 56.2 Å². The van der Waals surface area contributed by atoms with Gasteiger partial charge in [0.25, 0.3) is 11.5 Å². The molecule has 0 saturated carbocycles. The van der Waals surface area contributed by atoms with Crippen LogP contribution in [0.4, 0.5) is 0 Å². The minimum atomic E-state index is -0.580. The summed E-state index contributed by atoms with van der Waals surface area (Å²) in [5.74, 6) is -0.167. The summed E-state index contributed by atoms with van der Waals surface area (Å²) in [4.78, 5) is 41.0. The summed E-state index contributed by atoms with van der Waals surface area (Å²) >= 11 is 0. The highest BCUT2D eigenvalue weighted by atomic mass is 16.5. The predicted octanol–water partition coefficient (Wildman–Crippen LogP) is 1.46. The molecule has 2 aromatic carbocycles. The Hall–Kier alpha value is -3.52. The monoisotopic (exact) mass is 406 g/mol. The number of nitrogens with two attached hydrogens (primary N) is 1. The molecule has 1 aliphatic heterocycles. The second-order valence-electron chi connectivity index (χ2n) is 7.30. The number of hydrogen-bond donors (Lipinski definition) is 2. The number of nitrogens with zero attached hydrogens (tertiary/aromatic N) is 2. The van der Waals surface area contributed by atoms with Crippen LogP contribution in [0.3, 0.4) is 0 Å². The number of fused-ring (bicyclic) bond motifs is 1. The Kier molecular flexibility index (Phi) is 5.33. The largest absolute Gasteiger partial charge is 0.367 e. The fourth-order valence-corrected chi connectivity index (χ4v) is 3.68. The van der Waals surface area contributed by atoms with E-state index in [0.717, 1.165) is 0 Å². The van der Waals surface area contributed by atoms with Crippen molar-refractivity contribution >= 4 is 22.7 Å². The molecule has 1 aliphatic rings. The summed E-state index contributed by atoms with van der Waals surface area (Å²) in [5.41, 5.74) is 6.83. The molecule has 2 amide bonds. The maximum absolute atomic E-state index is 12.9. The van der Waals surface area contributed by atoms with Crippen molar-refractivity contribution in [3.63, 3.8) is 0 Å². The molecule has 3 aromatic rings. The molecule has 8 nitrogen and oxygen atoms in total. The van der Waals surface area contributed by atoms with Gasteiger partial charge in [0.2, 0.25) is 5.91 Å². The zero-order valence-corrected chi connectivity index (χ0v) is 16.5. The summed E-state index contributed by atoms with van der Waals surface area (Å²) < 4.78 is 7.04. The molecule has 0 bridgehead atoms. The van der Waals surface area contributed by atoms with Crippen LogP contribution in [-0.2, 0) is 9.53 Å². The van der Waals surface area contributed by atoms with Crippen molar-refractivity contribution in [1.29, 1.82) is 0 Å². The van der Waals surface area contributed by atoms with Crippen LogP contribution in [0.25, 0.3) is 16.6 Å². The fraction of sp³-hybridized carbons (Fsp3) is 0.273. The Morgan fingerprint density at radius 1 is 1.17 bits per heavy atom. The van der Waals surface area contributed by atoms with Crippen LogP contribution in [0.1, 0.15) is 29.0 Å². The first-order valence-electron chi connectivity index (χ1n) is 9.76. The third kappa shape index (κ3) is 3.81. The lowest BCUT2D eigenvalue weighted by Gasteiger charge is -2.13. The minimum absolute atomic E-state index is 0.155. The van der Waals surface area contributed by atoms with Crippen molar-refractivity contribution in [3.8, 4) is 5.69 Å². The molecule has 2 heterocycles. The topological polar surface area (TPSA) is 116 Å². The molecule has 0 spiro atoms. The van der Waals surface area contributed by atoms with Gasteiger partial charge < -0.3 is 15.8 Å². The number of amides is 2. The quantitative estimate of drug-likeness (QED) is 0.665. The van der Waals surface area contributed by atoms with Crippen LogP contribution >= 0.6 is 0 Å². The van der Waals surface area contributed by atoms with E-state index in [1.54, 1.807) is 49.4 Å². The van der Waals surface area contributed by atoms with Crippen LogP contribution in [-0.4, -0.2) is 40.1 Å². The standard InChI is InChI=1S/C22H22N4O4/c1-13-25-18-5-3-2-4-17(18)22(29)26(13)15-8-6-14(7-9-15)21(28)24-12-16-10-11-19(30-16)20(23)27/h2-9,16,19H,10-12H2,1H3,(H2,23,27)(H,24,28)/t16-,19+/m0/s1. The summed E-state index contributed by atoms with van der Waals surface area (Å²) in [6.07, 6.45) is 0.432. The van der Waals surface area contributed by atoms with Crippen molar-refractivity contribution in [3.05, 3.63) is 70.3 Å². The summed E-state index contributed by atoms with van der Waals surface area (Å²) in [7, 11) is 0. The first-order chi connectivity index (χ1) is 14.4. The second kappa shape index (κ2) is 8.08. The van der Waals surface area contributed by atoms with E-state index in [0.29, 0.717) is 47.4 Å². The summed E-state index contributed by atoms with van der Waals surface area (Å²) in [6.45, 7) is 2.08. The normalized spacial score (nSPS) is 18.4. The molecule has 1 fully saturated rings. The summed E-state index contributed by atoms with van der Waals surface area (Å²) in [5, 5.41) is 3.35. The number of aromatic nitrogens is 2. The van der Waals surface area contributed by atoms with E-state index in [2.05, 4.69) is 10.3 Å². The van der Waals surface area contributed by atoms with Gasteiger partial charge in [0, 0.05) is 12.1 Å². The van der Waals surface area contributed by atoms with Crippen molar-refractivity contribution in [1.82, 2.24) is 14.9 Å². The van der Waals surface area contributed by atoms with Crippen molar-refractivity contribution in [2.24, 2.45) is 5.73 Å². The number of carbonyl (C=O) groups excluding carboxylic acids is 2. The molecule has 30 heavy (non-hydrogen) atoms. The minimum Gasteiger partial charge on any atom is -0.367 e. The molecule has 3 N–H and O–H groups in total. The third-order valence-corrected chi connectivity index (χ3v) is 5.25. The van der Waals surface area contributed by atoms with Crippen LogP contribution in [0.15, 0.2) is 53.3 Å². The average molecular weight is 406 g/mol. The van der Waals surface area contributed by atoms with Crippen molar-refractivity contribution in [2.75, 3.05) is 6.54 Å². The van der Waals surface area contributed by atoms with Crippen molar-refractivity contribution < 1.29 is 14.3 Å². The predicted molar refractivity (Wildman–Crippen MR) is 111 cm³/mol. The lowest BCUT2D eigenvalue weighted by Crippen LogP contribution is -2.34.